The largest absolute Gasteiger partial charge is 0.389 e. The minimum Gasteiger partial charge on any atom is -0.389 e. The molecule has 1 aromatic carbocycles. The van der Waals surface area contributed by atoms with E-state index in [0.29, 0.717) is 6.54 Å². The lowest BCUT2D eigenvalue weighted by Crippen LogP contribution is -2.46. The first-order valence-corrected chi connectivity index (χ1v) is 7.57. The number of hydrogen-bond donors (Lipinski definition) is 2. The zero-order chi connectivity index (χ0) is 15.3. The molecule has 2 unspecified atom stereocenters. The van der Waals surface area contributed by atoms with Gasteiger partial charge in [0, 0.05) is 12.6 Å². The molecule has 0 amide bonds. The van der Waals surface area contributed by atoms with Crippen LogP contribution in [0, 0.1) is 6.92 Å². The van der Waals surface area contributed by atoms with Gasteiger partial charge in [0.05, 0.1) is 11.6 Å². The van der Waals surface area contributed by atoms with Crippen molar-refractivity contribution >= 4 is 0 Å². The third-order valence-corrected chi connectivity index (χ3v) is 3.77. The molecule has 0 fully saturated rings. The third kappa shape index (κ3) is 4.58. The molecular weight excluding hydrogens is 248 g/mol. The summed E-state index contributed by atoms with van der Waals surface area (Å²) < 4.78 is 0. The smallest absolute Gasteiger partial charge is 0.0718 e. The highest BCUT2D eigenvalue weighted by Crippen LogP contribution is 2.28. The van der Waals surface area contributed by atoms with Crippen molar-refractivity contribution in [2.45, 2.75) is 58.7 Å². The molecule has 0 spiro atoms. The molecular formula is C17H30N2O. The number of aliphatic hydroxyl groups is 1. The minimum absolute atomic E-state index is 0.0680. The normalized spacial score (nSPS) is 15.4. The number of benzene rings is 1. The molecule has 0 aliphatic rings. The maximum atomic E-state index is 10.2. The van der Waals surface area contributed by atoms with E-state index in [1.807, 2.05) is 13.8 Å². The van der Waals surface area contributed by atoms with Gasteiger partial charge >= 0.3 is 0 Å². The Morgan fingerprint density at radius 1 is 1.25 bits per heavy atom. The third-order valence-electron chi connectivity index (χ3n) is 3.77. The van der Waals surface area contributed by atoms with Crippen LogP contribution in [0.1, 0.15) is 51.3 Å². The lowest BCUT2D eigenvalue weighted by Gasteiger charge is -2.38. The van der Waals surface area contributed by atoms with Crippen molar-refractivity contribution in [3.05, 3.63) is 35.4 Å². The highest BCUT2D eigenvalue weighted by Gasteiger charge is 2.29. The minimum atomic E-state index is -0.718. The van der Waals surface area contributed by atoms with E-state index in [-0.39, 0.29) is 12.1 Å². The predicted molar refractivity (Wildman–Crippen MR) is 85.7 cm³/mol. The topological polar surface area (TPSA) is 49.5 Å². The van der Waals surface area contributed by atoms with Gasteiger partial charge in [0.1, 0.15) is 0 Å². The number of hydrogen-bond acceptors (Lipinski definition) is 3. The molecule has 0 aromatic heterocycles. The summed E-state index contributed by atoms with van der Waals surface area (Å²) in [5, 5.41) is 10.2. The van der Waals surface area contributed by atoms with Crippen molar-refractivity contribution in [1.29, 1.82) is 0 Å². The molecule has 0 radical (unpaired) electrons. The molecule has 0 saturated carbocycles. The Morgan fingerprint density at radius 2 is 1.85 bits per heavy atom. The first kappa shape index (κ1) is 17.2. The fraction of sp³-hybridized carbons (Fsp3) is 0.647. The lowest BCUT2D eigenvalue weighted by molar-refractivity contribution is 0.0173. The van der Waals surface area contributed by atoms with E-state index in [1.165, 1.54) is 11.1 Å². The number of nitrogens with two attached hydrogens (primary N) is 1. The van der Waals surface area contributed by atoms with Gasteiger partial charge < -0.3 is 10.8 Å². The highest BCUT2D eigenvalue weighted by molar-refractivity contribution is 5.30. The van der Waals surface area contributed by atoms with Crippen LogP contribution in [-0.2, 0) is 0 Å². The van der Waals surface area contributed by atoms with E-state index in [2.05, 4.69) is 49.9 Å². The second kappa shape index (κ2) is 7.21. The van der Waals surface area contributed by atoms with Gasteiger partial charge in [-0.05, 0) is 44.9 Å². The van der Waals surface area contributed by atoms with Gasteiger partial charge in [0.25, 0.3) is 0 Å². The summed E-state index contributed by atoms with van der Waals surface area (Å²) in [4.78, 5) is 2.29. The van der Waals surface area contributed by atoms with Gasteiger partial charge in [-0.25, -0.2) is 0 Å². The van der Waals surface area contributed by atoms with Gasteiger partial charge in [0.2, 0.25) is 0 Å². The Labute approximate surface area is 123 Å². The van der Waals surface area contributed by atoms with Gasteiger partial charge in [-0.1, -0.05) is 38.1 Å². The Balaban J connectivity index is 3.14. The lowest BCUT2D eigenvalue weighted by atomic mass is 9.92. The summed E-state index contributed by atoms with van der Waals surface area (Å²) in [6, 6.07) is 8.62. The van der Waals surface area contributed by atoms with Crippen molar-refractivity contribution in [2.75, 3.05) is 13.1 Å². The fourth-order valence-electron chi connectivity index (χ4n) is 2.74. The summed E-state index contributed by atoms with van der Waals surface area (Å²) in [7, 11) is 0. The monoisotopic (exact) mass is 278 g/mol. The molecule has 0 aliphatic heterocycles. The van der Waals surface area contributed by atoms with Gasteiger partial charge in [-0.15, -0.1) is 0 Å². The molecule has 3 N–H and O–H groups in total. The summed E-state index contributed by atoms with van der Waals surface area (Å²) in [6.07, 6.45) is 0.918. The molecule has 0 saturated heterocycles. The molecule has 1 aromatic rings. The molecule has 1 rings (SSSR count). The second-order valence-corrected chi connectivity index (χ2v) is 6.25. The molecule has 114 valence electrons. The van der Waals surface area contributed by atoms with Crippen LogP contribution < -0.4 is 5.73 Å². The predicted octanol–water partition coefficient (Wildman–Crippen LogP) is 2.87. The number of aryl methyl sites for hydroxylation is 1. The first-order valence-electron chi connectivity index (χ1n) is 7.57. The summed E-state index contributed by atoms with van der Waals surface area (Å²) in [5.41, 5.74) is 8.20. The Hall–Kier alpha value is -0.900. The van der Waals surface area contributed by atoms with E-state index in [9.17, 15) is 5.11 Å². The average molecular weight is 278 g/mol. The summed E-state index contributed by atoms with van der Waals surface area (Å²) >= 11 is 0. The molecule has 0 bridgehead atoms. The molecule has 20 heavy (non-hydrogen) atoms. The Kier molecular flexibility index (Phi) is 6.18. The summed E-state index contributed by atoms with van der Waals surface area (Å²) in [6.45, 7) is 11.6. The number of nitrogens with zero attached hydrogens (tertiary/aromatic N) is 1. The summed E-state index contributed by atoms with van der Waals surface area (Å²) in [5.74, 6) is 0. The fourth-order valence-corrected chi connectivity index (χ4v) is 2.74. The van der Waals surface area contributed by atoms with Crippen molar-refractivity contribution in [2.24, 2.45) is 5.73 Å². The van der Waals surface area contributed by atoms with Crippen LogP contribution in [0.25, 0.3) is 0 Å². The SMILES string of the molecule is CCC(N)C(c1ccccc1C)N(CC)CC(C)(C)O. The quantitative estimate of drug-likeness (QED) is 0.806. The van der Waals surface area contributed by atoms with E-state index in [0.717, 1.165) is 13.0 Å². The maximum absolute atomic E-state index is 10.2. The second-order valence-electron chi connectivity index (χ2n) is 6.25. The van der Waals surface area contributed by atoms with Gasteiger partial charge in [-0.3, -0.25) is 4.90 Å². The first-order chi connectivity index (χ1) is 9.30. The van der Waals surface area contributed by atoms with Crippen LogP contribution in [-0.4, -0.2) is 34.7 Å². The van der Waals surface area contributed by atoms with E-state index in [1.54, 1.807) is 0 Å². The highest BCUT2D eigenvalue weighted by atomic mass is 16.3. The van der Waals surface area contributed by atoms with Gasteiger partial charge in [-0.2, -0.15) is 0 Å². The molecule has 3 nitrogen and oxygen atoms in total. The molecule has 2 atom stereocenters. The van der Waals surface area contributed by atoms with Crippen molar-refractivity contribution < 1.29 is 5.11 Å². The maximum Gasteiger partial charge on any atom is 0.0718 e. The number of likely N-dealkylation sites (N-methyl/N-ethyl adjacent to an activating group) is 1. The van der Waals surface area contributed by atoms with Crippen LogP contribution in [0.2, 0.25) is 0 Å². The zero-order valence-electron chi connectivity index (χ0n) is 13.6. The van der Waals surface area contributed by atoms with Gasteiger partial charge in [0.15, 0.2) is 0 Å². The average Bonchev–Trinajstić information content (AvgIpc) is 2.38. The number of rotatable bonds is 7. The molecule has 3 heteroatoms. The molecule has 0 aliphatic carbocycles. The van der Waals surface area contributed by atoms with E-state index in [4.69, 9.17) is 5.73 Å². The van der Waals surface area contributed by atoms with Crippen molar-refractivity contribution in [1.82, 2.24) is 4.90 Å². The Bertz CT molecular complexity index is 412. The van der Waals surface area contributed by atoms with Crippen LogP contribution in [0.3, 0.4) is 0 Å². The Morgan fingerprint density at radius 3 is 2.30 bits per heavy atom. The van der Waals surface area contributed by atoms with Crippen LogP contribution >= 0.6 is 0 Å². The van der Waals surface area contributed by atoms with Crippen molar-refractivity contribution in [3.8, 4) is 0 Å². The van der Waals surface area contributed by atoms with Crippen LogP contribution in [0.4, 0.5) is 0 Å². The zero-order valence-corrected chi connectivity index (χ0v) is 13.6. The van der Waals surface area contributed by atoms with Crippen LogP contribution in [0.15, 0.2) is 24.3 Å². The van der Waals surface area contributed by atoms with E-state index < -0.39 is 5.60 Å². The molecule has 0 heterocycles. The van der Waals surface area contributed by atoms with E-state index >= 15 is 0 Å². The van der Waals surface area contributed by atoms with Crippen LogP contribution in [0.5, 0.6) is 0 Å². The standard InChI is InChI=1S/C17H30N2O/c1-6-15(18)16(14-11-9-8-10-13(14)3)19(7-2)12-17(4,5)20/h8-11,15-16,20H,6-7,12,18H2,1-5H3. The van der Waals surface area contributed by atoms with Crippen molar-refractivity contribution in [3.63, 3.8) is 0 Å².